The van der Waals surface area contributed by atoms with Crippen LogP contribution in [0.4, 0.5) is 0 Å². The van der Waals surface area contributed by atoms with Crippen LogP contribution in [0.5, 0.6) is 5.75 Å². The standard InChI is InChI=1S/C16H26ClNO/c1-6-7-13(18)15-12(5)16(17)11(4)8-14(15)19-9-10(2)3/h8,10,13H,6-7,9,18H2,1-5H3. The molecular weight excluding hydrogens is 258 g/mol. The highest BCUT2D eigenvalue weighted by Gasteiger charge is 2.18. The summed E-state index contributed by atoms with van der Waals surface area (Å²) < 4.78 is 5.94. The van der Waals surface area contributed by atoms with Crippen LogP contribution in [0, 0.1) is 19.8 Å². The zero-order chi connectivity index (χ0) is 14.6. The molecule has 2 N–H and O–H groups in total. The molecule has 3 heteroatoms. The van der Waals surface area contributed by atoms with Gasteiger partial charge in [0.25, 0.3) is 0 Å². The highest BCUT2D eigenvalue weighted by atomic mass is 35.5. The van der Waals surface area contributed by atoms with Crippen molar-refractivity contribution in [2.24, 2.45) is 11.7 Å². The van der Waals surface area contributed by atoms with E-state index in [1.165, 1.54) is 0 Å². The van der Waals surface area contributed by atoms with Crippen molar-refractivity contribution < 1.29 is 4.74 Å². The first-order chi connectivity index (χ1) is 8.88. The Morgan fingerprint density at radius 3 is 2.47 bits per heavy atom. The van der Waals surface area contributed by atoms with Crippen LogP contribution in [0.25, 0.3) is 0 Å². The zero-order valence-electron chi connectivity index (χ0n) is 12.7. The van der Waals surface area contributed by atoms with Gasteiger partial charge in [0.1, 0.15) is 5.75 Å². The fourth-order valence-corrected chi connectivity index (χ4v) is 2.38. The summed E-state index contributed by atoms with van der Waals surface area (Å²) in [7, 11) is 0. The normalized spacial score (nSPS) is 12.8. The first-order valence-corrected chi connectivity index (χ1v) is 7.44. The number of halogens is 1. The molecule has 1 rings (SSSR count). The molecule has 0 aliphatic heterocycles. The molecule has 0 bridgehead atoms. The zero-order valence-corrected chi connectivity index (χ0v) is 13.5. The SMILES string of the molecule is CCCC(N)c1c(OCC(C)C)cc(C)c(Cl)c1C. The number of hydrogen-bond donors (Lipinski definition) is 1. The number of nitrogens with two attached hydrogens (primary N) is 1. The Kier molecular flexibility index (Phi) is 6.15. The molecule has 0 saturated carbocycles. The average molecular weight is 284 g/mol. The number of rotatable bonds is 6. The highest BCUT2D eigenvalue weighted by Crippen LogP contribution is 2.36. The van der Waals surface area contributed by atoms with Crippen LogP contribution in [-0.4, -0.2) is 6.61 Å². The Balaban J connectivity index is 3.18. The van der Waals surface area contributed by atoms with Gasteiger partial charge < -0.3 is 10.5 Å². The molecule has 2 nitrogen and oxygen atoms in total. The van der Waals surface area contributed by atoms with E-state index in [0.717, 1.165) is 40.3 Å². The van der Waals surface area contributed by atoms with Crippen molar-refractivity contribution in [3.05, 3.63) is 27.8 Å². The van der Waals surface area contributed by atoms with Gasteiger partial charge in [0.15, 0.2) is 0 Å². The van der Waals surface area contributed by atoms with Gasteiger partial charge >= 0.3 is 0 Å². The maximum atomic E-state index is 6.35. The first-order valence-electron chi connectivity index (χ1n) is 7.06. The van der Waals surface area contributed by atoms with Crippen LogP contribution >= 0.6 is 11.6 Å². The molecule has 19 heavy (non-hydrogen) atoms. The molecule has 108 valence electrons. The Morgan fingerprint density at radius 2 is 1.95 bits per heavy atom. The lowest BCUT2D eigenvalue weighted by atomic mass is 9.95. The Bertz CT molecular complexity index is 429. The smallest absolute Gasteiger partial charge is 0.124 e. The summed E-state index contributed by atoms with van der Waals surface area (Å²) in [5.74, 6) is 1.39. The number of ether oxygens (including phenoxy) is 1. The van der Waals surface area contributed by atoms with Gasteiger partial charge in [0, 0.05) is 16.6 Å². The predicted octanol–water partition coefficient (Wildman–Crippen LogP) is 4.79. The van der Waals surface area contributed by atoms with Crippen LogP contribution < -0.4 is 10.5 Å². The third kappa shape index (κ3) is 4.12. The summed E-state index contributed by atoms with van der Waals surface area (Å²) in [4.78, 5) is 0. The van der Waals surface area contributed by atoms with Crippen molar-refractivity contribution in [3.8, 4) is 5.75 Å². The summed E-state index contributed by atoms with van der Waals surface area (Å²) in [6.07, 6.45) is 1.99. The van der Waals surface area contributed by atoms with Crippen molar-refractivity contribution in [1.82, 2.24) is 0 Å². The average Bonchev–Trinajstić information content (AvgIpc) is 2.33. The summed E-state index contributed by atoms with van der Waals surface area (Å²) in [6.45, 7) is 11.2. The van der Waals surface area contributed by atoms with E-state index in [1.54, 1.807) is 0 Å². The predicted molar refractivity (Wildman–Crippen MR) is 83.1 cm³/mol. The van der Waals surface area contributed by atoms with Gasteiger partial charge in [-0.1, -0.05) is 38.8 Å². The van der Waals surface area contributed by atoms with Gasteiger partial charge in [0.2, 0.25) is 0 Å². The van der Waals surface area contributed by atoms with Gasteiger partial charge in [-0.3, -0.25) is 0 Å². The lowest BCUT2D eigenvalue weighted by Gasteiger charge is -2.22. The molecule has 0 amide bonds. The number of benzene rings is 1. The van der Waals surface area contributed by atoms with Gasteiger partial charge in [0.05, 0.1) is 6.61 Å². The maximum Gasteiger partial charge on any atom is 0.124 e. The van der Waals surface area contributed by atoms with E-state index < -0.39 is 0 Å². The summed E-state index contributed by atoms with van der Waals surface area (Å²) in [5.41, 5.74) is 9.47. The molecule has 0 saturated heterocycles. The van der Waals surface area contributed by atoms with Gasteiger partial charge in [-0.05, 0) is 43.4 Å². The minimum absolute atomic E-state index is 0.00902. The van der Waals surface area contributed by atoms with Gasteiger partial charge in [-0.15, -0.1) is 0 Å². The van der Waals surface area contributed by atoms with E-state index in [2.05, 4.69) is 20.8 Å². The van der Waals surface area contributed by atoms with E-state index in [9.17, 15) is 0 Å². The molecular formula is C16H26ClNO. The quantitative estimate of drug-likeness (QED) is 0.814. The number of aryl methyl sites for hydroxylation is 1. The largest absolute Gasteiger partial charge is 0.493 e. The maximum absolute atomic E-state index is 6.35. The molecule has 0 radical (unpaired) electrons. The third-order valence-corrected chi connectivity index (χ3v) is 3.82. The van der Waals surface area contributed by atoms with Crippen molar-refractivity contribution in [3.63, 3.8) is 0 Å². The second-order valence-electron chi connectivity index (χ2n) is 5.64. The first kappa shape index (κ1) is 16.3. The molecule has 0 spiro atoms. The summed E-state index contributed by atoms with van der Waals surface area (Å²) in [5, 5.41) is 0.804. The lowest BCUT2D eigenvalue weighted by Crippen LogP contribution is -2.15. The molecule has 1 aromatic carbocycles. The molecule has 1 aromatic rings. The van der Waals surface area contributed by atoms with Crippen LogP contribution in [0.2, 0.25) is 5.02 Å². The molecule has 1 atom stereocenters. The van der Waals surface area contributed by atoms with Crippen molar-refractivity contribution >= 4 is 11.6 Å². The molecule has 0 aliphatic rings. The monoisotopic (exact) mass is 283 g/mol. The molecule has 0 aromatic heterocycles. The molecule has 0 fully saturated rings. The van der Waals surface area contributed by atoms with E-state index in [-0.39, 0.29) is 6.04 Å². The summed E-state index contributed by atoms with van der Waals surface area (Å²) in [6, 6.07) is 2.01. The van der Waals surface area contributed by atoms with Crippen LogP contribution in [0.3, 0.4) is 0 Å². The van der Waals surface area contributed by atoms with E-state index in [4.69, 9.17) is 22.1 Å². The topological polar surface area (TPSA) is 35.2 Å². The van der Waals surface area contributed by atoms with Crippen LogP contribution in [0.15, 0.2) is 6.07 Å². The fourth-order valence-electron chi connectivity index (χ4n) is 2.23. The molecule has 0 heterocycles. The van der Waals surface area contributed by atoms with Gasteiger partial charge in [-0.2, -0.15) is 0 Å². The second-order valence-corrected chi connectivity index (χ2v) is 6.02. The van der Waals surface area contributed by atoms with Crippen LogP contribution in [-0.2, 0) is 0 Å². The van der Waals surface area contributed by atoms with Crippen molar-refractivity contribution in [2.75, 3.05) is 6.61 Å². The fraction of sp³-hybridized carbons (Fsp3) is 0.625. The van der Waals surface area contributed by atoms with Crippen molar-refractivity contribution in [1.29, 1.82) is 0 Å². The van der Waals surface area contributed by atoms with E-state index >= 15 is 0 Å². The third-order valence-electron chi connectivity index (χ3n) is 3.24. The minimum atomic E-state index is -0.00902. The highest BCUT2D eigenvalue weighted by molar-refractivity contribution is 6.32. The Morgan fingerprint density at radius 1 is 1.32 bits per heavy atom. The minimum Gasteiger partial charge on any atom is -0.493 e. The molecule has 1 unspecified atom stereocenters. The Hall–Kier alpha value is -0.730. The molecule has 0 aliphatic carbocycles. The van der Waals surface area contributed by atoms with Crippen LogP contribution in [0.1, 0.15) is 56.3 Å². The van der Waals surface area contributed by atoms with E-state index in [0.29, 0.717) is 12.5 Å². The second kappa shape index (κ2) is 7.16. The lowest BCUT2D eigenvalue weighted by molar-refractivity contribution is 0.266. The van der Waals surface area contributed by atoms with Crippen molar-refractivity contribution in [2.45, 2.75) is 53.5 Å². The Labute approximate surface area is 122 Å². The van der Waals surface area contributed by atoms with E-state index in [1.807, 2.05) is 19.9 Å². The summed E-state index contributed by atoms with van der Waals surface area (Å²) >= 11 is 6.35. The van der Waals surface area contributed by atoms with Gasteiger partial charge in [-0.25, -0.2) is 0 Å². The number of hydrogen-bond acceptors (Lipinski definition) is 2.